The van der Waals surface area contributed by atoms with E-state index in [9.17, 15) is 4.79 Å². The molecule has 1 aromatic heterocycles. The van der Waals surface area contributed by atoms with Gasteiger partial charge in [0.25, 0.3) is 5.91 Å². The van der Waals surface area contributed by atoms with E-state index in [0.29, 0.717) is 18.8 Å². The van der Waals surface area contributed by atoms with Crippen molar-refractivity contribution in [3.8, 4) is 0 Å². The summed E-state index contributed by atoms with van der Waals surface area (Å²) >= 11 is 0. The van der Waals surface area contributed by atoms with Gasteiger partial charge in [-0.15, -0.1) is 0 Å². The van der Waals surface area contributed by atoms with Gasteiger partial charge in [0.2, 0.25) is 0 Å². The Balaban J connectivity index is 1.58. The summed E-state index contributed by atoms with van der Waals surface area (Å²) in [4.78, 5) is 18.5. The monoisotopic (exact) mass is 352 g/mol. The van der Waals surface area contributed by atoms with Crippen molar-refractivity contribution >= 4 is 5.91 Å². The van der Waals surface area contributed by atoms with E-state index in [2.05, 4.69) is 31.0 Å². The van der Waals surface area contributed by atoms with Gasteiger partial charge < -0.3 is 14.6 Å². The van der Waals surface area contributed by atoms with E-state index >= 15 is 0 Å². The predicted octanol–water partition coefficient (Wildman–Crippen LogP) is 4.35. The van der Waals surface area contributed by atoms with Crippen molar-refractivity contribution in [3.63, 3.8) is 0 Å². The number of H-pyrrole nitrogens is 1. The van der Waals surface area contributed by atoms with Crippen molar-refractivity contribution in [1.29, 1.82) is 0 Å². The number of hydrogen-bond acceptors (Lipinski definition) is 2. The number of nitrogens with zero attached hydrogens (tertiary/aromatic N) is 1. The summed E-state index contributed by atoms with van der Waals surface area (Å²) in [6.45, 7) is 5.32. The van der Waals surface area contributed by atoms with E-state index in [1.54, 1.807) is 0 Å². The van der Waals surface area contributed by atoms with Crippen LogP contribution in [0.25, 0.3) is 0 Å². The molecule has 2 aliphatic rings. The lowest BCUT2D eigenvalue weighted by molar-refractivity contribution is -0.116. The third kappa shape index (κ3) is 3.30. The molecule has 26 heavy (non-hydrogen) atoms. The van der Waals surface area contributed by atoms with Crippen molar-refractivity contribution in [2.45, 2.75) is 51.2 Å². The van der Waals surface area contributed by atoms with Gasteiger partial charge in [-0.05, 0) is 43.4 Å². The van der Waals surface area contributed by atoms with Gasteiger partial charge in [0.05, 0.1) is 18.2 Å². The van der Waals surface area contributed by atoms with Crippen LogP contribution in [0, 0.1) is 5.92 Å². The minimum atomic E-state index is -0.420. The number of carbonyl (C=O) groups excluding carboxylic acids is 1. The summed E-state index contributed by atoms with van der Waals surface area (Å²) in [5.74, 6) is 0.864. The van der Waals surface area contributed by atoms with Crippen molar-refractivity contribution in [3.05, 3.63) is 59.4 Å². The number of rotatable bonds is 4. The molecule has 1 unspecified atom stereocenters. The van der Waals surface area contributed by atoms with Crippen molar-refractivity contribution < 1.29 is 9.53 Å². The van der Waals surface area contributed by atoms with Crippen LogP contribution in [0.2, 0.25) is 0 Å². The highest BCUT2D eigenvalue weighted by Gasteiger charge is 2.42. The zero-order valence-corrected chi connectivity index (χ0v) is 15.7. The molecule has 138 valence electrons. The standard InChI is InChI=1S/C22H28N2O2/c1-22(2)20(18-9-4-3-5-10-18)24(11-12-26-22)21(25)19-14-17(15-23-19)13-16-7-6-8-16/h3-5,9-10,14-16,20,23H,6-8,11-13H2,1-2H3. The van der Waals surface area contributed by atoms with Gasteiger partial charge in [0.1, 0.15) is 5.69 Å². The van der Waals surface area contributed by atoms with Crippen LogP contribution < -0.4 is 0 Å². The largest absolute Gasteiger partial charge is 0.371 e. The second kappa shape index (κ2) is 6.92. The van der Waals surface area contributed by atoms with E-state index in [1.807, 2.05) is 35.4 Å². The molecule has 4 heteroatoms. The number of morpholine rings is 1. The number of amides is 1. The molecule has 0 bridgehead atoms. The molecule has 4 nitrogen and oxygen atoms in total. The zero-order chi connectivity index (χ0) is 18.1. The van der Waals surface area contributed by atoms with Crippen LogP contribution in [-0.2, 0) is 11.2 Å². The number of benzene rings is 1. The van der Waals surface area contributed by atoms with Gasteiger partial charge >= 0.3 is 0 Å². The molecule has 0 spiro atoms. The van der Waals surface area contributed by atoms with E-state index in [0.717, 1.165) is 17.9 Å². The van der Waals surface area contributed by atoms with Crippen LogP contribution in [0.3, 0.4) is 0 Å². The van der Waals surface area contributed by atoms with E-state index in [4.69, 9.17) is 4.74 Å². The second-order valence-electron chi connectivity index (χ2n) is 8.19. The summed E-state index contributed by atoms with van der Waals surface area (Å²) in [6, 6.07) is 12.2. The van der Waals surface area contributed by atoms with Crippen LogP contribution in [0.5, 0.6) is 0 Å². The van der Waals surface area contributed by atoms with Crippen molar-refractivity contribution in [2.24, 2.45) is 5.92 Å². The first-order chi connectivity index (χ1) is 12.5. The Morgan fingerprint density at radius 3 is 2.73 bits per heavy atom. The number of nitrogens with one attached hydrogen (secondary N) is 1. The SMILES string of the molecule is CC1(C)OCCN(C(=O)c2cc(CC3CCC3)c[nH]2)C1c1ccccc1. The first kappa shape index (κ1) is 17.3. The topological polar surface area (TPSA) is 45.3 Å². The summed E-state index contributed by atoms with van der Waals surface area (Å²) in [5, 5.41) is 0. The number of carbonyl (C=O) groups is 1. The van der Waals surface area contributed by atoms with Crippen molar-refractivity contribution in [1.82, 2.24) is 9.88 Å². The molecule has 1 N–H and O–H groups in total. The summed E-state index contributed by atoms with van der Waals surface area (Å²) in [6.07, 6.45) is 7.09. The van der Waals surface area contributed by atoms with Gasteiger partial charge in [-0.3, -0.25) is 4.79 Å². The normalized spacial score (nSPS) is 22.8. The molecule has 1 saturated carbocycles. The predicted molar refractivity (Wildman–Crippen MR) is 102 cm³/mol. The van der Waals surface area contributed by atoms with Gasteiger partial charge in [0, 0.05) is 12.7 Å². The Morgan fingerprint density at radius 2 is 2.04 bits per heavy atom. The van der Waals surface area contributed by atoms with E-state index in [1.165, 1.54) is 24.8 Å². The molecular weight excluding hydrogens is 324 g/mol. The highest BCUT2D eigenvalue weighted by atomic mass is 16.5. The zero-order valence-electron chi connectivity index (χ0n) is 15.7. The number of aromatic nitrogens is 1. The van der Waals surface area contributed by atoms with Crippen LogP contribution in [0.4, 0.5) is 0 Å². The average Bonchev–Trinajstić information content (AvgIpc) is 3.06. The van der Waals surface area contributed by atoms with Gasteiger partial charge in [-0.25, -0.2) is 0 Å². The third-order valence-electron chi connectivity index (χ3n) is 5.87. The fourth-order valence-corrected chi connectivity index (χ4v) is 4.29. The maximum Gasteiger partial charge on any atom is 0.270 e. The Bertz CT molecular complexity index is 761. The first-order valence-corrected chi connectivity index (χ1v) is 9.72. The Kier molecular flexibility index (Phi) is 4.62. The third-order valence-corrected chi connectivity index (χ3v) is 5.87. The number of hydrogen-bond donors (Lipinski definition) is 1. The molecule has 2 aromatic rings. The quantitative estimate of drug-likeness (QED) is 0.889. The average molecular weight is 352 g/mol. The van der Waals surface area contributed by atoms with Gasteiger partial charge in [0.15, 0.2) is 0 Å². The molecule has 1 saturated heterocycles. The molecule has 1 atom stereocenters. The Hall–Kier alpha value is -2.07. The summed E-state index contributed by atoms with van der Waals surface area (Å²) in [5.41, 5.74) is 2.64. The fourth-order valence-electron chi connectivity index (χ4n) is 4.29. The molecule has 1 aromatic carbocycles. The number of aromatic amines is 1. The maximum absolute atomic E-state index is 13.3. The lowest BCUT2D eigenvalue weighted by Gasteiger charge is -2.46. The van der Waals surface area contributed by atoms with Crippen molar-refractivity contribution in [2.75, 3.05) is 13.2 Å². The lowest BCUT2D eigenvalue weighted by Crippen LogP contribution is -2.53. The summed E-state index contributed by atoms with van der Waals surface area (Å²) < 4.78 is 6.02. The maximum atomic E-state index is 13.3. The Labute approximate surface area is 155 Å². The van der Waals surface area contributed by atoms with E-state index < -0.39 is 5.60 Å². The Morgan fingerprint density at radius 1 is 1.27 bits per heavy atom. The minimum absolute atomic E-state index is 0.0649. The van der Waals surface area contributed by atoms with Crippen LogP contribution in [0.15, 0.2) is 42.6 Å². The summed E-state index contributed by atoms with van der Waals surface area (Å²) in [7, 11) is 0. The smallest absolute Gasteiger partial charge is 0.270 e. The van der Waals surface area contributed by atoms with Gasteiger partial charge in [-0.2, -0.15) is 0 Å². The second-order valence-corrected chi connectivity index (χ2v) is 8.19. The highest BCUT2D eigenvalue weighted by Crippen LogP contribution is 2.38. The van der Waals surface area contributed by atoms with Crippen LogP contribution in [0.1, 0.15) is 60.8 Å². The molecule has 1 aliphatic carbocycles. The molecule has 2 heterocycles. The number of ether oxygens (including phenoxy) is 1. The van der Waals surface area contributed by atoms with E-state index in [-0.39, 0.29) is 11.9 Å². The first-order valence-electron chi connectivity index (χ1n) is 9.72. The lowest BCUT2D eigenvalue weighted by atomic mass is 9.81. The van der Waals surface area contributed by atoms with Gasteiger partial charge in [-0.1, -0.05) is 49.6 Å². The molecule has 2 fully saturated rings. The molecular formula is C22H28N2O2. The van der Waals surface area contributed by atoms with Crippen LogP contribution >= 0.6 is 0 Å². The minimum Gasteiger partial charge on any atom is -0.371 e. The highest BCUT2D eigenvalue weighted by molar-refractivity contribution is 5.93. The molecule has 1 aliphatic heterocycles. The molecule has 4 rings (SSSR count). The van der Waals surface area contributed by atoms with Crippen LogP contribution in [-0.4, -0.2) is 34.5 Å². The molecule has 0 radical (unpaired) electrons. The molecule has 1 amide bonds. The fraction of sp³-hybridized carbons (Fsp3) is 0.500.